The molecule has 4 N–H and O–H groups in total. The molecule has 6 heteroatoms. The van der Waals surface area contributed by atoms with Crippen molar-refractivity contribution in [3.63, 3.8) is 0 Å². The average molecular weight is 228 g/mol. The predicted octanol–water partition coefficient (Wildman–Crippen LogP) is -0.379. The van der Waals surface area contributed by atoms with Crippen LogP contribution in [0.3, 0.4) is 0 Å². The monoisotopic (exact) mass is 228 g/mol. The van der Waals surface area contributed by atoms with Crippen LogP contribution in [-0.4, -0.2) is 28.9 Å². The summed E-state index contributed by atoms with van der Waals surface area (Å²) in [6.45, 7) is 0. The minimum absolute atomic E-state index is 0.321. The Hall–Kier alpha value is -1.59. The van der Waals surface area contributed by atoms with Crippen LogP contribution in [-0.2, 0) is 14.4 Å². The Morgan fingerprint density at radius 3 is 2.38 bits per heavy atom. The zero-order chi connectivity index (χ0) is 12.1. The second kappa shape index (κ2) is 5.48. The molecule has 0 heterocycles. The van der Waals surface area contributed by atoms with Crippen molar-refractivity contribution in [2.24, 2.45) is 11.7 Å². The largest absolute Gasteiger partial charge is 0.480 e. The van der Waals surface area contributed by atoms with Crippen molar-refractivity contribution in [3.05, 3.63) is 0 Å². The topological polar surface area (TPSA) is 109 Å². The number of aliphatic carboxylic acids is 1. The van der Waals surface area contributed by atoms with Crippen LogP contribution in [0, 0.1) is 5.92 Å². The van der Waals surface area contributed by atoms with E-state index in [1.54, 1.807) is 0 Å². The van der Waals surface area contributed by atoms with E-state index in [0.717, 1.165) is 19.3 Å². The lowest BCUT2D eigenvalue weighted by atomic mass is 9.83. The van der Waals surface area contributed by atoms with Crippen molar-refractivity contribution in [2.75, 3.05) is 0 Å². The van der Waals surface area contributed by atoms with E-state index in [-0.39, 0.29) is 12.3 Å². The molecule has 0 aliphatic heterocycles. The first-order valence-electron chi connectivity index (χ1n) is 5.29. The number of amides is 2. The van der Waals surface area contributed by atoms with Crippen LogP contribution in [0.1, 0.15) is 32.1 Å². The highest BCUT2D eigenvalue weighted by Crippen LogP contribution is 2.29. The number of hydrogen-bond donors (Lipinski definition) is 3. The van der Waals surface area contributed by atoms with Crippen LogP contribution in [0.4, 0.5) is 0 Å². The normalized spacial score (nSPS) is 17.2. The van der Waals surface area contributed by atoms with Crippen LogP contribution in [0.5, 0.6) is 0 Å². The van der Waals surface area contributed by atoms with E-state index in [1.165, 1.54) is 0 Å². The first-order chi connectivity index (χ1) is 7.49. The fourth-order valence-corrected chi connectivity index (χ4v) is 1.61. The number of carboxylic acids is 1. The van der Waals surface area contributed by atoms with Gasteiger partial charge in [0.25, 0.3) is 0 Å². The smallest absolute Gasteiger partial charge is 0.326 e. The summed E-state index contributed by atoms with van der Waals surface area (Å²) >= 11 is 0. The van der Waals surface area contributed by atoms with Crippen LogP contribution in [0.25, 0.3) is 0 Å². The maximum atomic E-state index is 11.4. The fourth-order valence-electron chi connectivity index (χ4n) is 1.61. The minimum Gasteiger partial charge on any atom is -0.480 e. The van der Waals surface area contributed by atoms with Gasteiger partial charge in [-0.05, 0) is 18.8 Å². The number of carbonyl (C=O) groups excluding carboxylic acids is 2. The number of rotatable bonds is 6. The van der Waals surface area contributed by atoms with E-state index in [1.807, 2.05) is 0 Å². The highest BCUT2D eigenvalue weighted by molar-refractivity contribution is 5.88. The lowest BCUT2D eigenvalue weighted by Crippen LogP contribution is -2.44. The molecule has 1 aliphatic carbocycles. The highest BCUT2D eigenvalue weighted by atomic mass is 16.4. The van der Waals surface area contributed by atoms with Crippen molar-refractivity contribution >= 4 is 17.8 Å². The van der Waals surface area contributed by atoms with Gasteiger partial charge in [-0.3, -0.25) is 9.59 Å². The molecule has 16 heavy (non-hydrogen) atoms. The van der Waals surface area contributed by atoms with E-state index in [0.29, 0.717) is 12.3 Å². The molecule has 0 bridgehead atoms. The van der Waals surface area contributed by atoms with Gasteiger partial charge in [0, 0.05) is 6.42 Å². The SMILES string of the molecule is NC(=O)C[C@H](NC(=O)CC1CCC1)C(=O)O. The van der Waals surface area contributed by atoms with Crippen molar-refractivity contribution < 1.29 is 19.5 Å². The Morgan fingerprint density at radius 1 is 1.38 bits per heavy atom. The van der Waals surface area contributed by atoms with Gasteiger partial charge in [0.2, 0.25) is 11.8 Å². The molecule has 1 saturated carbocycles. The Labute approximate surface area is 93.2 Å². The first kappa shape index (κ1) is 12.5. The van der Waals surface area contributed by atoms with E-state index in [4.69, 9.17) is 10.8 Å². The van der Waals surface area contributed by atoms with E-state index < -0.39 is 17.9 Å². The zero-order valence-corrected chi connectivity index (χ0v) is 8.94. The van der Waals surface area contributed by atoms with Crippen LogP contribution < -0.4 is 11.1 Å². The summed E-state index contributed by atoms with van der Waals surface area (Å²) in [6.07, 6.45) is 3.12. The van der Waals surface area contributed by atoms with Gasteiger partial charge in [0.05, 0.1) is 6.42 Å². The number of carboxylic acid groups (broad SMARTS) is 1. The number of primary amides is 1. The van der Waals surface area contributed by atoms with Gasteiger partial charge in [0.1, 0.15) is 6.04 Å². The molecule has 1 atom stereocenters. The summed E-state index contributed by atoms with van der Waals surface area (Å²) < 4.78 is 0. The molecular weight excluding hydrogens is 212 g/mol. The second-order valence-electron chi connectivity index (χ2n) is 4.13. The molecule has 6 nitrogen and oxygen atoms in total. The fraction of sp³-hybridized carbons (Fsp3) is 0.700. The number of carbonyl (C=O) groups is 3. The maximum Gasteiger partial charge on any atom is 0.326 e. The maximum absolute atomic E-state index is 11.4. The molecule has 0 unspecified atom stereocenters. The van der Waals surface area contributed by atoms with Crippen molar-refractivity contribution in [1.29, 1.82) is 0 Å². The summed E-state index contributed by atoms with van der Waals surface area (Å²) in [4.78, 5) is 32.7. The summed E-state index contributed by atoms with van der Waals surface area (Å²) in [5, 5.41) is 11.1. The number of hydrogen-bond acceptors (Lipinski definition) is 3. The molecule has 0 aromatic heterocycles. The van der Waals surface area contributed by atoms with Crippen LogP contribution in [0.15, 0.2) is 0 Å². The summed E-state index contributed by atoms with van der Waals surface area (Å²) in [5.41, 5.74) is 4.89. The Morgan fingerprint density at radius 2 is 2.00 bits per heavy atom. The van der Waals surface area contributed by atoms with Crippen molar-refractivity contribution in [3.8, 4) is 0 Å². The molecular formula is C10H16N2O4. The van der Waals surface area contributed by atoms with Crippen LogP contribution in [0.2, 0.25) is 0 Å². The summed E-state index contributed by atoms with van der Waals surface area (Å²) in [6, 6.07) is -1.20. The van der Waals surface area contributed by atoms with Gasteiger partial charge in [-0.1, -0.05) is 6.42 Å². The van der Waals surface area contributed by atoms with Gasteiger partial charge in [-0.2, -0.15) is 0 Å². The van der Waals surface area contributed by atoms with E-state index >= 15 is 0 Å². The number of nitrogens with two attached hydrogens (primary N) is 1. The first-order valence-corrected chi connectivity index (χ1v) is 5.29. The van der Waals surface area contributed by atoms with E-state index in [9.17, 15) is 14.4 Å². The lowest BCUT2D eigenvalue weighted by Gasteiger charge is -2.25. The quantitative estimate of drug-likeness (QED) is 0.575. The molecule has 1 fully saturated rings. The van der Waals surface area contributed by atoms with Gasteiger partial charge in [-0.15, -0.1) is 0 Å². The molecule has 0 aromatic rings. The molecule has 0 aromatic carbocycles. The third-order valence-corrected chi connectivity index (χ3v) is 2.74. The Bertz CT molecular complexity index is 299. The second-order valence-corrected chi connectivity index (χ2v) is 4.13. The summed E-state index contributed by atoms with van der Waals surface area (Å²) in [7, 11) is 0. The lowest BCUT2D eigenvalue weighted by molar-refractivity contribution is -0.143. The Kier molecular flexibility index (Phi) is 4.28. The van der Waals surface area contributed by atoms with Gasteiger partial charge >= 0.3 is 5.97 Å². The molecule has 0 radical (unpaired) electrons. The highest BCUT2D eigenvalue weighted by Gasteiger charge is 2.25. The molecule has 0 spiro atoms. The molecule has 2 amide bonds. The molecule has 0 saturated heterocycles. The Balaban J connectivity index is 2.37. The van der Waals surface area contributed by atoms with Crippen LogP contribution >= 0.6 is 0 Å². The third kappa shape index (κ3) is 3.88. The van der Waals surface area contributed by atoms with Gasteiger partial charge < -0.3 is 16.2 Å². The van der Waals surface area contributed by atoms with E-state index in [2.05, 4.69) is 5.32 Å². The molecule has 90 valence electrons. The zero-order valence-electron chi connectivity index (χ0n) is 8.94. The van der Waals surface area contributed by atoms with Crippen molar-refractivity contribution in [2.45, 2.75) is 38.1 Å². The average Bonchev–Trinajstić information content (AvgIpc) is 2.09. The number of nitrogens with one attached hydrogen (secondary N) is 1. The third-order valence-electron chi connectivity index (χ3n) is 2.74. The van der Waals surface area contributed by atoms with Crippen molar-refractivity contribution in [1.82, 2.24) is 5.32 Å². The standard InChI is InChI=1S/C10H16N2O4/c11-8(13)5-7(10(15)16)12-9(14)4-6-2-1-3-6/h6-7H,1-5H2,(H2,11,13)(H,12,14)(H,15,16)/t7-/m0/s1. The summed E-state index contributed by atoms with van der Waals surface area (Å²) in [5.74, 6) is -1.93. The minimum atomic E-state index is -1.24. The molecule has 1 rings (SSSR count). The van der Waals surface area contributed by atoms with Gasteiger partial charge in [0.15, 0.2) is 0 Å². The predicted molar refractivity (Wildman–Crippen MR) is 55.3 cm³/mol. The van der Waals surface area contributed by atoms with Gasteiger partial charge in [-0.25, -0.2) is 4.79 Å². The molecule has 1 aliphatic rings.